The monoisotopic (exact) mass is 311 g/mol. The highest BCUT2D eigenvalue weighted by molar-refractivity contribution is 9.10. The Hall–Kier alpha value is -0.870. The van der Waals surface area contributed by atoms with Crippen molar-refractivity contribution in [2.24, 2.45) is 11.1 Å². The number of ether oxygens (including phenoxy) is 1. The maximum absolute atomic E-state index is 12.1. The molecule has 2 rings (SSSR count). The first kappa shape index (κ1) is 13.6. The number of rotatable bonds is 4. The van der Waals surface area contributed by atoms with E-state index in [4.69, 9.17) is 10.5 Å². The van der Waals surface area contributed by atoms with E-state index in [0.717, 1.165) is 35.7 Å². The van der Waals surface area contributed by atoms with Gasteiger partial charge in [0.15, 0.2) is 0 Å². The lowest BCUT2D eigenvalue weighted by molar-refractivity contribution is -0.156. The molecule has 2 N–H and O–H groups in total. The predicted octanol–water partition coefficient (Wildman–Crippen LogP) is 3.01. The molecule has 98 valence electrons. The van der Waals surface area contributed by atoms with Crippen molar-refractivity contribution < 1.29 is 9.53 Å². The van der Waals surface area contributed by atoms with Crippen LogP contribution in [-0.4, -0.2) is 12.5 Å². The molecule has 18 heavy (non-hydrogen) atoms. The summed E-state index contributed by atoms with van der Waals surface area (Å²) in [5, 5.41) is 0. The zero-order chi connectivity index (χ0) is 13.0. The summed E-state index contributed by atoms with van der Waals surface area (Å²) in [4.78, 5) is 12.1. The van der Waals surface area contributed by atoms with E-state index < -0.39 is 5.41 Å². The quantitative estimate of drug-likeness (QED) is 0.870. The van der Waals surface area contributed by atoms with Crippen molar-refractivity contribution in [3.63, 3.8) is 0 Å². The molecule has 1 aromatic rings. The van der Waals surface area contributed by atoms with Gasteiger partial charge < -0.3 is 10.5 Å². The largest absolute Gasteiger partial charge is 0.460 e. The van der Waals surface area contributed by atoms with Crippen LogP contribution in [0.3, 0.4) is 0 Å². The molecule has 1 aliphatic rings. The first-order chi connectivity index (χ1) is 8.66. The van der Waals surface area contributed by atoms with Gasteiger partial charge in [0.05, 0.1) is 5.41 Å². The topological polar surface area (TPSA) is 52.3 Å². The van der Waals surface area contributed by atoms with Gasteiger partial charge in [-0.25, -0.2) is 0 Å². The highest BCUT2D eigenvalue weighted by Crippen LogP contribution is 2.38. The Labute approximate surface area is 116 Å². The summed E-state index contributed by atoms with van der Waals surface area (Å²) >= 11 is 3.37. The van der Waals surface area contributed by atoms with Crippen molar-refractivity contribution in [1.29, 1.82) is 0 Å². The van der Waals surface area contributed by atoms with Crippen LogP contribution in [0, 0.1) is 5.41 Å². The maximum Gasteiger partial charge on any atom is 0.313 e. The van der Waals surface area contributed by atoms with Crippen LogP contribution in [0.25, 0.3) is 0 Å². The van der Waals surface area contributed by atoms with Gasteiger partial charge in [0.1, 0.15) is 6.61 Å². The fourth-order valence-corrected chi connectivity index (χ4v) is 2.69. The Morgan fingerprint density at radius 1 is 1.28 bits per heavy atom. The number of hydrogen-bond acceptors (Lipinski definition) is 3. The van der Waals surface area contributed by atoms with E-state index in [1.54, 1.807) is 0 Å². The van der Waals surface area contributed by atoms with Gasteiger partial charge in [0.2, 0.25) is 0 Å². The number of benzene rings is 1. The third-order valence-corrected chi connectivity index (χ3v) is 4.20. The summed E-state index contributed by atoms with van der Waals surface area (Å²) in [7, 11) is 0. The lowest BCUT2D eigenvalue weighted by atomic mass is 9.86. The number of esters is 1. The standard InChI is InChI=1S/C14H18BrNO2/c15-12-5-3-11(4-6-12)9-18-13(17)14(10-16)7-1-2-8-14/h3-6H,1-2,7-10,16H2. The fourth-order valence-electron chi connectivity index (χ4n) is 2.43. The van der Waals surface area contributed by atoms with Crippen LogP contribution in [0.2, 0.25) is 0 Å². The van der Waals surface area contributed by atoms with Crippen LogP contribution in [0.5, 0.6) is 0 Å². The summed E-state index contributed by atoms with van der Waals surface area (Å²) in [6.45, 7) is 0.722. The first-order valence-electron chi connectivity index (χ1n) is 6.28. The third kappa shape index (κ3) is 2.93. The lowest BCUT2D eigenvalue weighted by Crippen LogP contribution is -2.37. The van der Waals surface area contributed by atoms with Crippen LogP contribution in [-0.2, 0) is 16.1 Å². The van der Waals surface area contributed by atoms with Crippen molar-refractivity contribution >= 4 is 21.9 Å². The van der Waals surface area contributed by atoms with E-state index >= 15 is 0 Å². The van der Waals surface area contributed by atoms with E-state index in [1.807, 2.05) is 24.3 Å². The minimum absolute atomic E-state index is 0.134. The van der Waals surface area contributed by atoms with Crippen LogP contribution in [0.4, 0.5) is 0 Å². The zero-order valence-electron chi connectivity index (χ0n) is 10.3. The molecule has 0 atom stereocenters. The molecule has 0 heterocycles. The van der Waals surface area contributed by atoms with Gasteiger partial charge in [-0.05, 0) is 30.5 Å². The Kier molecular flexibility index (Phi) is 4.40. The molecule has 1 aromatic carbocycles. The molecule has 0 spiro atoms. The van der Waals surface area contributed by atoms with Crippen molar-refractivity contribution in [2.75, 3.05) is 6.54 Å². The minimum atomic E-state index is -0.421. The highest BCUT2D eigenvalue weighted by Gasteiger charge is 2.41. The highest BCUT2D eigenvalue weighted by atomic mass is 79.9. The first-order valence-corrected chi connectivity index (χ1v) is 7.07. The zero-order valence-corrected chi connectivity index (χ0v) is 11.9. The molecule has 0 unspecified atom stereocenters. The molecule has 0 amide bonds. The number of halogens is 1. The van der Waals surface area contributed by atoms with Gasteiger partial charge in [0, 0.05) is 11.0 Å². The summed E-state index contributed by atoms with van der Waals surface area (Å²) in [5.74, 6) is -0.134. The average Bonchev–Trinajstić information content (AvgIpc) is 2.88. The molecule has 3 nitrogen and oxygen atoms in total. The molecular weight excluding hydrogens is 294 g/mol. The predicted molar refractivity (Wildman–Crippen MR) is 73.9 cm³/mol. The van der Waals surface area contributed by atoms with Gasteiger partial charge in [-0.3, -0.25) is 4.79 Å². The maximum atomic E-state index is 12.1. The number of carbonyl (C=O) groups is 1. The van der Waals surface area contributed by atoms with Crippen molar-refractivity contribution in [3.05, 3.63) is 34.3 Å². The SMILES string of the molecule is NCC1(C(=O)OCc2ccc(Br)cc2)CCCC1. The van der Waals surface area contributed by atoms with Gasteiger partial charge in [-0.15, -0.1) is 0 Å². The van der Waals surface area contributed by atoms with E-state index in [1.165, 1.54) is 0 Å². The normalized spacial score (nSPS) is 17.7. The molecule has 1 aliphatic carbocycles. The fraction of sp³-hybridized carbons (Fsp3) is 0.500. The molecule has 0 bridgehead atoms. The minimum Gasteiger partial charge on any atom is -0.460 e. The molecule has 4 heteroatoms. The van der Waals surface area contributed by atoms with Crippen molar-refractivity contribution in [1.82, 2.24) is 0 Å². The second-order valence-electron chi connectivity index (χ2n) is 4.89. The van der Waals surface area contributed by atoms with Gasteiger partial charge in [-0.1, -0.05) is 40.9 Å². The lowest BCUT2D eigenvalue weighted by Gasteiger charge is -2.24. The number of nitrogens with two attached hydrogens (primary N) is 1. The molecular formula is C14H18BrNO2. The third-order valence-electron chi connectivity index (χ3n) is 3.67. The van der Waals surface area contributed by atoms with Crippen LogP contribution in [0.1, 0.15) is 31.2 Å². The van der Waals surface area contributed by atoms with E-state index in [-0.39, 0.29) is 5.97 Å². The summed E-state index contributed by atoms with van der Waals surface area (Å²) in [5.41, 5.74) is 6.33. The second kappa shape index (κ2) is 5.85. The number of carbonyl (C=O) groups excluding carboxylic acids is 1. The van der Waals surface area contributed by atoms with Crippen LogP contribution in [0.15, 0.2) is 28.7 Å². The molecule has 0 aliphatic heterocycles. The Morgan fingerprint density at radius 3 is 2.44 bits per heavy atom. The molecule has 1 fully saturated rings. The Bertz CT molecular complexity index is 410. The van der Waals surface area contributed by atoms with E-state index in [2.05, 4.69) is 15.9 Å². The van der Waals surface area contributed by atoms with Crippen LogP contribution >= 0.6 is 15.9 Å². The van der Waals surface area contributed by atoms with Gasteiger partial charge in [-0.2, -0.15) is 0 Å². The molecule has 0 saturated heterocycles. The van der Waals surface area contributed by atoms with Crippen molar-refractivity contribution in [3.8, 4) is 0 Å². The Morgan fingerprint density at radius 2 is 1.89 bits per heavy atom. The van der Waals surface area contributed by atoms with E-state index in [9.17, 15) is 4.79 Å². The Balaban J connectivity index is 1.93. The van der Waals surface area contributed by atoms with Crippen LogP contribution < -0.4 is 5.73 Å². The summed E-state index contributed by atoms with van der Waals surface area (Å²) in [6, 6.07) is 7.77. The van der Waals surface area contributed by atoms with Gasteiger partial charge in [0.25, 0.3) is 0 Å². The number of hydrogen-bond donors (Lipinski definition) is 1. The molecule has 1 saturated carbocycles. The van der Waals surface area contributed by atoms with Crippen molar-refractivity contribution in [2.45, 2.75) is 32.3 Å². The smallest absolute Gasteiger partial charge is 0.313 e. The second-order valence-corrected chi connectivity index (χ2v) is 5.81. The molecule has 0 aromatic heterocycles. The molecule has 0 radical (unpaired) electrons. The summed E-state index contributed by atoms with van der Waals surface area (Å²) in [6.07, 6.45) is 3.88. The van der Waals surface area contributed by atoms with E-state index in [0.29, 0.717) is 13.2 Å². The summed E-state index contributed by atoms with van der Waals surface area (Å²) < 4.78 is 6.43. The van der Waals surface area contributed by atoms with Gasteiger partial charge >= 0.3 is 5.97 Å². The average molecular weight is 312 g/mol.